The van der Waals surface area contributed by atoms with Gasteiger partial charge in [0.2, 0.25) is 0 Å². The Kier molecular flexibility index (Phi) is 3.76. The molecular weight excluding hydrogens is 242 g/mol. The van der Waals surface area contributed by atoms with Gasteiger partial charge in [-0.3, -0.25) is 0 Å². The fraction of sp³-hybridized carbons (Fsp3) is 0.357. The lowest BCUT2D eigenvalue weighted by molar-refractivity contribution is 0.398. The molecule has 102 valence electrons. The van der Waals surface area contributed by atoms with Crippen LogP contribution in [0.25, 0.3) is 10.9 Å². The van der Waals surface area contributed by atoms with Crippen molar-refractivity contribution < 1.29 is 9.47 Å². The molecule has 19 heavy (non-hydrogen) atoms. The Balaban J connectivity index is 2.76. The Bertz CT molecular complexity index is 597. The Morgan fingerprint density at radius 3 is 2.42 bits per heavy atom. The molecule has 0 aliphatic rings. The Hall–Kier alpha value is -2.01. The Morgan fingerprint density at radius 1 is 1.16 bits per heavy atom. The maximum absolute atomic E-state index is 5.55. The van der Waals surface area contributed by atoms with E-state index in [4.69, 9.17) is 15.3 Å². The third kappa shape index (κ3) is 2.42. The van der Waals surface area contributed by atoms with Crippen molar-refractivity contribution in [2.45, 2.75) is 19.8 Å². The molecule has 2 rings (SSSR count). The predicted molar refractivity (Wildman–Crippen MR) is 76.7 cm³/mol. The van der Waals surface area contributed by atoms with Crippen LogP contribution in [-0.2, 0) is 0 Å². The molecule has 0 aliphatic carbocycles. The molecule has 1 heterocycles. The van der Waals surface area contributed by atoms with Crippen LogP contribution in [0.3, 0.4) is 0 Å². The van der Waals surface area contributed by atoms with Crippen molar-refractivity contribution in [3.8, 4) is 11.5 Å². The fourth-order valence-corrected chi connectivity index (χ4v) is 2.08. The second-order valence-electron chi connectivity index (χ2n) is 4.62. The summed E-state index contributed by atoms with van der Waals surface area (Å²) in [4.78, 5) is 4.54. The summed E-state index contributed by atoms with van der Waals surface area (Å²) in [7, 11) is 3.25. The average molecular weight is 261 g/mol. The zero-order valence-corrected chi connectivity index (χ0v) is 11.7. The third-order valence-corrected chi connectivity index (χ3v) is 3.11. The number of rotatable bonds is 4. The molecule has 0 aliphatic heterocycles. The number of hydrogen-bond donors (Lipinski definition) is 2. The van der Waals surface area contributed by atoms with Gasteiger partial charge < -0.3 is 14.9 Å². The summed E-state index contributed by atoms with van der Waals surface area (Å²) in [5.41, 5.74) is 4.49. The third-order valence-electron chi connectivity index (χ3n) is 3.11. The highest BCUT2D eigenvalue weighted by atomic mass is 16.5. The molecule has 0 bridgehead atoms. The molecule has 5 heteroatoms. The first-order valence-corrected chi connectivity index (χ1v) is 6.14. The van der Waals surface area contributed by atoms with Crippen LogP contribution < -0.4 is 20.7 Å². The van der Waals surface area contributed by atoms with Crippen LogP contribution in [0.5, 0.6) is 11.5 Å². The van der Waals surface area contributed by atoms with E-state index in [9.17, 15) is 0 Å². The maximum Gasteiger partial charge on any atom is 0.144 e. The molecule has 0 amide bonds. The molecule has 1 aromatic carbocycles. The summed E-state index contributed by atoms with van der Waals surface area (Å²) < 4.78 is 10.7. The van der Waals surface area contributed by atoms with Crippen LogP contribution in [0.15, 0.2) is 18.2 Å². The minimum absolute atomic E-state index is 0.315. The number of nitrogens with one attached hydrogen (secondary N) is 1. The minimum Gasteiger partial charge on any atom is -0.497 e. The standard InChI is InChI=1S/C14H19N3O2/c1-8(2)10-7-11-12(16-14(10)17-15)5-9(18-3)6-13(11)19-4/h5-8H,15H2,1-4H3,(H,16,17). The number of ether oxygens (including phenoxy) is 2. The zero-order valence-electron chi connectivity index (χ0n) is 11.7. The van der Waals surface area contributed by atoms with E-state index in [1.807, 2.05) is 12.1 Å². The molecule has 2 aromatic rings. The number of nitrogen functional groups attached to an aromatic ring is 1. The van der Waals surface area contributed by atoms with E-state index >= 15 is 0 Å². The SMILES string of the molecule is COc1cc(OC)c2cc(C(C)C)c(NN)nc2c1. The second kappa shape index (κ2) is 5.32. The van der Waals surface area contributed by atoms with Crippen molar-refractivity contribution in [3.63, 3.8) is 0 Å². The average Bonchev–Trinajstić information content (AvgIpc) is 2.44. The lowest BCUT2D eigenvalue weighted by Crippen LogP contribution is -2.12. The monoisotopic (exact) mass is 261 g/mol. The number of nitrogens with two attached hydrogens (primary N) is 1. The molecule has 1 aromatic heterocycles. The van der Waals surface area contributed by atoms with E-state index in [1.54, 1.807) is 14.2 Å². The van der Waals surface area contributed by atoms with Gasteiger partial charge in [-0.1, -0.05) is 13.8 Å². The molecule has 5 nitrogen and oxygen atoms in total. The minimum atomic E-state index is 0.315. The largest absolute Gasteiger partial charge is 0.497 e. The maximum atomic E-state index is 5.55. The molecular formula is C14H19N3O2. The number of anilines is 1. The summed E-state index contributed by atoms with van der Waals surface area (Å²) in [5, 5.41) is 0.950. The van der Waals surface area contributed by atoms with Crippen LogP contribution in [0.4, 0.5) is 5.82 Å². The summed E-state index contributed by atoms with van der Waals surface area (Å²) in [6, 6.07) is 5.77. The highest BCUT2D eigenvalue weighted by molar-refractivity contribution is 5.89. The first-order chi connectivity index (χ1) is 9.10. The van der Waals surface area contributed by atoms with Crippen molar-refractivity contribution in [2.24, 2.45) is 5.84 Å². The first-order valence-electron chi connectivity index (χ1n) is 6.14. The van der Waals surface area contributed by atoms with Gasteiger partial charge in [0.05, 0.1) is 19.7 Å². The molecule has 0 saturated carbocycles. The van der Waals surface area contributed by atoms with Gasteiger partial charge in [-0.05, 0) is 17.5 Å². The van der Waals surface area contributed by atoms with Gasteiger partial charge in [0.15, 0.2) is 0 Å². The second-order valence-corrected chi connectivity index (χ2v) is 4.62. The molecule has 0 radical (unpaired) electrons. The molecule has 0 atom stereocenters. The number of nitrogens with zero attached hydrogens (tertiary/aromatic N) is 1. The fourth-order valence-electron chi connectivity index (χ4n) is 2.08. The van der Waals surface area contributed by atoms with Gasteiger partial charge in [-0.15, -0.1) is 0 Å². The van der Waals surface area contributed by atoms with Crippen LogP contribution in [0.1, 0.15) is 25.3 Å². The molecule has 3 N–H and O–H groups in total. The zero-order chi connectivity index (χ0) is 14.0. The summed E-state index contributed by atoms with van der Waals surface area (Å²) in [6.07, 6.45) is 0. The van der Waals surface area contributed by atoms with Gasteiger partial charge in [0, 0.05) is 17.5 Å². The smallest absolute Gasteiger partial charge is 0.144 e. The number of hydrazine groups is 1. The quantitative estimate of drug-likeness (QED) is 0.654. The number of methoxy groups -OCH3 is 2. The van der Waals surface area contributed by atoms with Gasteiger partial charge in [0.25, 0.3) is 0 Å². The lowest BCUT2D eigenvalue weighted by atomic mass is 10.0. The van der Waals surface area contributed by atoms with Gasteiger partial charge in [-0.25, -0.2) is 10.8 Å². The van der Waals surface area contributed by atoms with E-state index in [1.165, 1.54) is 0 Å². The topological polar surface area (TPSA) is 69.4 Å². The number of benzene rings is 1. The lowest BCUT2D eigenvalue weighted by Gasteiger charge is -2.15. The molecule has 0 unspecified atom stereocenters. The first kappa shape index (κ1) is 13.4. The summed E-state index contributed by atoms with van der Waals surface area (Å²) >= 11 is 0. The number of aromatic nitrogens is 1. The van der Waals surface area contributed by atoms with E-state index in [2.05, 4.69) is 30.3 Å². The van der Waals surface area contributed by atoms with Crippen molar-refractivity contribution >= 4 is 16.7 Å². The van der Waals surface area contributed by atoms with Gasteiger partial charge >= 0.3 is 0 Å². The van der Waals surface area contributed by atoms with Crippen LogP contribution in [-0.4, -0.2) is 19.2 Å². The van der Waals surface area contributed by atoms with E-state index in [0.717, 1.165) is 22.2 Å². The molecule has 0 fully saturated rings. The van der Waals surface area contributed by atoms with Gasteiger partial charge in [0.1, 0.15) is 17.3 Å². The summed E-state index contributed by atoms with van der Waals surface area (Å²) in [6.45, 7) is 4.19. The van der Waals surface area contributed by atoms with Gasteiger partial charge in [-0.2, -0.15) is 0 Å². The van der Waals surface area contributed by atoms with Crippen LogP contribution in [0, 0.1) is 0 Å². The van der Waals surface area contributed by atoms with Crippen LogP contribution >= 0.6 is 0 Å². The highest BCUT2D eigenvalue weighted by Gasteiger charge is 2.13. The van der Waals surface area contributed by atoms with Crippen molar-refractivity contribution in [1.29, 1.82) is 0 Å². The molecule has 0 saturated heterocycles. The Labute approximate surface area is 112 Å². The predicted octanol–water partition coefficient (Wildman–Crippen LogP) is 2.66. The van der Waals surface area contributed by atoms with Crippen molar-refractivity contribution in [2.75, 3.05) is 19.6 Å². The van der Waals surface area contributed by atoms with E-state index < -0.39 is 0 Å². The van der Waals surface area contributed by atoms with E-state index in [0.29, 0.717) is 17.5 Å². The number of pyridine rings is 1. The van der Waals surface area contributed by atoms with Crippen LogP contribution in [0.2, 0.25) is 0 Å². The number of hydrogen-bond acceptors (Lipinski definition) is 5. The molecule has 0 spiro atoms. The number of fused-ring (bicyclic) bond motifs is 1. The van der Waals surface area contributed by atoms with Crippen molar-refractivity contribution in [1.82, 2.24) is 4.98 Å². The highest BCUT2D eigenvalue weighted by Crippen LogP contribution is 2.34. The van der Waals surface area contributed by atoms with E-state index in [-0.39, 0.29) is 0 Å². The normalized spacial score (nSPS) is 10.8. The summed E-state index contributed by atoms with van der Waals surface area (Å²) in [5.74, 6) is 7.99. The van der Waals surface area contributed by atoms with Crippen molar-refractivity contribution in [3.05, 3.63) is 23.8 Å². The Morgan fingerprint density at radius 2 is 1.89 bits per heavy atom.